The SMILES string of the molecule is Cc1c(Cl)cccc1NC(=O)CSc1ncnc2c1cnn2-c1ccccc1. The van der Waals surface area contributed by atoms with Crippen LogP contribution in [0.1, 0.15) is 5.56 Å². The Morgan fingerprint density at radius 2 is 1.96 bits per heavy atom. The number of benzene rings is 2. The second kappa shape index (κ2) is 8.00. The van der Waals surface area contributed by atoms with Crippen molar-refractivity contribution in [3.63, 3.8) is 0 Å². The number of fused-ring (bicyclic) bond motifs is 1. The third-order valence-electron chi connectivity index (χ3n) is 4.21. The number of halogens is 1. The number of nitrogens with one attached hydrogen (secondary N) is 1. The van der Waals surface area contributed by atoms with E-state index < -0.39 is 0 Å². The molecular weight excluding hydrogens is 394 g/mol. The van der Waals surface area contributed by atoms with E-state index >= 15 is 0 Å². The Labute approximate surface area is 171 Å². The maximum absolute atomic E-state index is 12.4. The van der Waals surface area contributed by atoms with Crippen molar-refractivity contribution in [3.05, 3.63) is 71.6 Å². The van der Waals surface area contributed by atoms with Gasteiger partial charge in [0.25, 0.3) is 0 Å². The molecule has 0 aliphatic heterocycles. The van der Waals surface area contributed by atoms with Crippen LogP contribution in [0.2, 0.25) is 5.02 Å². The first-order valence-corrected chi connectivity index (χ1v) is 9.92. The average Bonchev–Trinajstić information content (AvgIpc) is 3.15. The normalized spacial score (nSPS) is 10.9. The zero-order chi connectivity index (χ0) is 19.5. The van der Waals surface area contributed by atoms with Gasteiger partial charge in [-0.25, -0.2) is 14.6 Å². The molecule has 0 radical (unpaired) electrons. The summed E-state index contributed by atoms with van der Waals surface area (Å²) in [4.78, 5) is 21.0. The van der Waals surface area contributed by atoms with E-state index in [1.54, 1.807) is 16.9 Å². The molecule has 0 atom stereocenters. The van der Waals surface area contributed by atoms with Gasteiger partial charge in [0.1, 0.15) is 11.4 Å². The average molecular weight is 410 g/mol. The number of hydrogen-bond donors (Lipinski definition) is 1. The first-order chi connectivity index (χ1) is 13.6. The Kier molecular flexibility index (Phi) is 5.27. The highest BCUT2D eigenvalue weighted by Crippen LogP contribution is 2.27. The number of amides is 1. The first-order valence-electron chi connectivity index (χ1n) is 8.55. The van der Waals surface area contributed by atoms with Gasteiger partial charge in [0.15, 0.2) is 5.65 Å². The van der Waals surface area contributed by atoms with Gasteiger partial charge in [-0.15, -0.1) is 0 Å². The predicted molar refractivity (Wildman–Crippen MR) is 112 cm³/mol. The smallest absolute Gasteiger partial charge is 0.234 e. The van der Waals surface area contributed by atoms with Crippen LogP contribution in [0.25, 0.3) is 16.7 Å². The van der Waals surface area contributed by atoms with Crippen LogP contribution >= 0.6 is 23.4 Å². The summed E-state index contributed by atoms with van der Waals surface area (Å²) in [6, 6.07) is 15.2. The number of thioether (sulfide) groups is 1. The Balaban J connectivity index is 1.52. The number of carbonyl (C=O) groups is 1. The number of nitrogens with zero attached hydrogens (tertiary/aromatic N) is 4. The lowest BCUT2D eigenvalue weighted by atomic mass is 10.2. The molecule has 140 valence electrons. The second-order valence-electron chi connectivity index (χ2n) is 6.06. The van der Waals surface area contributed by atoms with Crippen molar-refractivity contribution < 1.29 is 4.79 Å². The van der Waals surface area contributed by atoms with E-state index in [0.29, 0.717) is 21.4 Å². The van der Waals surface area contributed by atoms with Crippen LogP contribution in [0, 0.1) is 6.92 Å². The van der Waals surface area contributed by atoms with Gasteiger partial charge in [-0.3, -0.25) is 4.79 Å². The van der Waals surface area contributed by atoms with Crippen molar-refractivity contribution in [1.29, 1.82) is 0 Å². The maximum Gasteiger partial charge on any atom is 0.234 e. The fourth-order valence-electron chi connectivity index (χ4n) is 2.76. The minimum atomic E-state index is -0.127. The van der Waals surface area contributed by atoms with Crippen LogP contribution in [0.4, 0.5) is 5.69 Å². The van der Waals surface area contributed by atoms with Crippen molar-refractivity contribution in [2.45, 2.75) is 11.9 Å². The van der Waals surface area contributed by atoms with Crippen molar-refractivity contribution >= 4 is 46.0 Å². The van der Waals surface area contributed by atoms with E-state index in [0.717, 1.165) is 16.6 Å². The third-order valence-corrected chi connectivity index (χ3v) is 5.63. The Morgan fingerprint density at radius 3 is 2.79 bits per heavy atom. The molecule has 8 heteroatoms. The zero-order valence-corrected chi connectivity index (χ0v) is 16.5. The lowest BCUT2D eigenvalue weighted by molar-refractivity contribution is -0.113. The van der Waals surface area contributed by atoms with Crippen molar-refractivity contribution in [3.8, 4) is 5.69 Å². The number of carbonyl (C=O) groups excluding carboxylic acids is 1. The van der Waals surface area contributed by atoms with Crippen LogP contribution in [0.15, 0.2) is 66.1 Å². The fourth-order valence-corrected chi connectivity index (χ4v) is 3.69. The summed E-state index contributed by atoms with van der Waals surface area (Å²) in [6.07, 6.45) is 3.22. The highest BCUT2D eigenvalue weighted by molar-refractivity contribution is 8.00. The molecule has 0 fully saturated rings. The highest BCUT2D eigenvalue weighted by Gasteiger charge is 2.13. The molecule has 0 aliphatic rings. The molecule has 2 aromatic carbocycles. The largest absolute Gasteiger partial charge is 0.325 e. The summed E-state index contributed by atoms with van der Waals surface area (Å²) >= 11 is 7.45. The van der Waals surface area contributed by atoms with E-state index in [1.807, 2.05) is 49.4 Å². The standard InChI is InChI=1S/C20H16ClN5OS/c1-13-16(21)8-5-9-17(13)25-18(27)11-28-20-15-10-24-26(19(15)22-12-23-20)14-6-3-2-4-7-14/h2-10,12H,11H2,1H3,(H,25,27). The van der Waals surface area contributed by atoms with Crippen molar-refractivity contribution in [1.82, 2.24) is 19.7 Å². The fraction of sp³-hybridized carbons (Fsp3) is 0.100. The summed E-state index contributed by atoms with van der Waals surface area (Å²) in [5.41, 5.74) is 3.18. The van der Waals surface area contributed by atoms with Gasteiger partial charge in [0, 0.05) is 10.7 Å². The number of rotatable bonds is 5. The molecule has 2 aromatic heterocycles. The Hall–Kier alpha value is -2.90. The molecule has 0 unspecified atom stereocenters. The van der Waals surface area contributed by atoms with Crippen LogP contribution in [-0.4, -0.2) is 31.4 Å². The van der Waals surface area contributed by atoms with Gasteiger partial charge < -0.3 is 5.32 Å². The molecule has 0 saturated carbocycles. The van der Waals surface area contributed by atoms with Gasteiger partial charge in [-0.2, -0.15) is 5.10 Å². The molecule has 1 amide bonds. The Morgan fingerprint density at radius 1 is 1.14 bits per heavy atom. The van der Waals surface area contributed by atoms with Crippen LogP contribution in [-0.2, 0) is 4.79 Å². The summed E-state index contributed by atoms with van der Waals surface area (Å²) in [6.45, 7) is 1.87. The molecule has 2 heterocycles. The monoisotopic (exact) mass is 409 g/mol. The summed E-state index contributed by atoms with van der Waals surface area (Å²) in [5.74, 6) is 0.0896. The summed E-state index contributed by atoms with van der Waals surface area (Å²) < 4.78 is 1.76. The van der Waals surface area contributed by atoms with Gasteiger partial charge in [-0.1, -0.05) is 47.6 Å². The molecule has 6 nitrogen and oxygen atoms in total. The third kappa shape index (κ3) is 3.72. The number of aromatic nitrogens is 4. The van der Waals surface area contributed by atoms with Crippen molar-refractivity contribution in [2.75, 3.05) is 11.1 Å². The van der Waals surface area contributed by atoms with Crippen molar-refractivity contribution in [2.24, 2.45) is 0 Å². The van der Waals surface area contributed by atoms with E-state index in [4.69, 9.17) is 11.6 Å². The molecule has 0 saturated heterocycles. The maximum atomic E-state index is 12.4. The van der Waals surface area contributed by atoms with Gasteiger partial charge in [0.05, 0.1) is 23.0 Å². The van der Waals surface area contributed by atoms with Gasteiger partial charge in [0.2, 0.25) is 5.91 Å². The van der Waals surface area contributed by atoms with Gasteiger partial charge >= 0.3 is 0 Å². The first kappa shape index (κ1) is 18.5. The topological polar surface area (TPSA) is 72.7 Å². The quantitative estimate of drug-likeness (QED) is 0.388. The minimum absolute atomic E-state index is 0.127. The van der Waals surface area contributed by atoms with Crippen LogP contribution in [0.5, 0.6) is 0 Å². The molecule has 1 N–H and O–H groups in total. The second-order valence-corrected chi connectivity index (χ2v) is 7.43. The summed E-state index contributed by atoms with van der Waals surface area (Å²) in [5, 5.41) is 9.46. The minimum Gasteiger partial charge on any atom is -0.325 e. The zero-order valence-electron chi connectivity index (χ0n) is 15.0. The molecule has 0 bridgehead atoms. The van der Waals surface area contributed by atoms with Gasteiger partial charge in [-0.05, 0) is 36.8 Å². The molecular formula is C20H16ClN5OS. The Bertz CT molecular complexity index is 1150. The highest BCUT2D eigenvalue weighted by atomic mass is 35.5. The van der Waals surface area contributed by atoms with E-state index in [2.05, 4.69) is 20.4 Å². The molecule has 0 spiro atoms. The molecule has 4 aromatic rings. The molecule has 0 aliphatic carbocycles. The van der Waals surface area contributed by atoms with Crippen LogP contribution in [0.3, 0.4) is 0 Å². The number of para-hydroxylation sites is 1. The van der Waals surface area contributed by atoms with Crippen LogP contribution < -0.4 is 5.32 Å². The lowest BCUT2D eigenvalue weighted by Crippen LogP contribution is -2.15. The predicted octanol–water partition coefficient (Wildman–Crippen LogP) is 4.51. The summed E-state index contributed by atoms with van der Waals surface area (Å²) in [7, 11) is 0. The lowest BCUT2D eigenvalue weighted by Gasteiger charge is -2.09. The molecule has 4 rings (SSSR count). The van der Waals surface area contributed by atoms with E-state index in [-0.39, 0.29) is 11.7 Å². The number of anilines is 1. The number of hydrogen-bond acceptors (Lipinski definition) is 5. The van der Waals surface area contributed by atoms with E-state index in [1.165, 1.54) is 18.1 Å². The molecule has 28 heavy (non-hydrogen) atoms. The van der Waals surface area contributed by atoms with E-state index in [9.17, 15) is 4.79 Å².